The van der Waals surface area contributed by atoms with Gasteiger partial charge in [0, 0.05) is 32.3 Å². The van der Waals surface area contributed by atoms with Crippen molar-refractivity contribution >= 4 is 17.0 Å². The second kappa shape index (κ2) is 7.16. The summed E-state index contributed by atoms with van der Waals surface area (Å²) in [7, 11) is 1.83. The van der Waals surface area contributed by atoms with Crippen LogP contribution < -0.4 is 0 Å². The van der Waals surface area contributed by atoms with E-state index in [1.165, 1.54) is 5.56 Å². The molecule has 0 saturated heterocycles. The van der Waals surface area contributed by atoms with Crippen molar-refractivity contribution in [3.8, 4) is 0 Å². The molecule has 0 fully saturated rings. The van der Waals surface area contributed by atoms with Crippen molar-refractivity contribution in [1.82, 2.24) is 9.47 Å². The van der Waals surface area contributed by atoms with E-state index in [0.717, 1.165) is 22.2 Å². The molecule has 0 saturated carbocycles. The van der Waals surface area contributed by atoms with Gasteiger partial charge < -0.3 is 13.9 Å². The molecule has 2 aromatic carbocycles. The first-order valence-electron chi connectivity index (χ1n) is 9.03. The fourth-order valence-electron chi connectivity index (χ4n) is 3.33. The molecule has 0 N–H and O–H groups in total. The maximum Gasteiger partial charge on any atom is 0.270 e. The Hall–Kier alpha value is -3.27. The Labute approximate surface area is 158 Å². The van der Waals surface area contributed by atoms with Gasteiger partial charge in [0.05, 0.1) is 11.8 Å². The third-order valence-corrected chi connectivity index (χ3v) is 4.81. The zero-order valence-electron chi connectivity index (χ0n) is 15.6. The molecule has 0 aliphatic carbocycles. The van der Waals surface area contributed by atoms with Crippen molar-refractivity contribution < 1.29 is 9.21 Å². The normalized spacial score (nSPS) is 11.0. The number of carbonyl (C=O) groups excluding carboxylic acids is 1. The highest BCUT2D eigenvalue weighted by atomic mass is 16.3. The number of carbonyl (C=O) groups is 1. The molecular weight excluding hydrogens is 336 g/mol. The summed E-state index contributed by atoms with van der Waals surface area (Å²) < 4.78 is 7.59. The Bertz CT molecular complexity index is 1060. The highest BCUT2D eigenvalue weighted by Gasteiger charge is 2.20. The first-order chi connectivity index (χ1) is 13.1. The summed E-state index contributed by atoms with van der Waals surface area (Å²) in [4.78, 5) is 14.9. The number of hydrogen-bond donors (Lipinski definition) is 0. The number of aromatic nitrogens is 1. The molecule has 0 unspecified atom stereocenters. The Morgan fingerprint density at radius 1 is 1.00 bits per heavy atom. The van der Waals surface area contributed by atoms with E-state index < -0.39 is 0 Å². The summed E-state index contributed by atoms with van der Waals surface area (Å²) in [5.41, 5.74) is 5.79. The van der Waals surface area contributed by atoms with E-state index in [4.69, 9.17) is 4.42 Å². The summed E-state index contributed by atoms with van der Waals surface area (Å²) in [6.45, 7) is 3.27. The molecule has 2 heterocycles. The van der Waals surface area contributed by atoms with Gasteiger partial charge in [0.1, 0.15) is 5.69 Å². The average molecular weight is 358 g/mol. The number of aryl methyl sites for hydroxylation is 1. The van der Waals surface area contributed by atoms with Gasteiger partial charge in [-0.2, -0.15) is 0 Å². The molecule has 0 aliphatic heterocycles. The Morgan fingerprint density at radius 2 is 1.74 bits per heavy atom. The number of rotatable bonds is 5. The molecule has 4 aromatic rings. The molecule has 0 atom stereocenters. The largest absolute Gasteiger partial charge is 0.463 e. The van der Waals surface area contributed by atoms with Crippen LogP contribution in [0.2, 0.25) is 0 Å². The SMILES string of the molecule is Cc1ccc(Cn2c(C(=O)N(C)Cc3ccccc3)cc3occc32)cc1. The molecule has 4 rings (SSSR count). The molecule has 27 heavy (non-hydrogen) atoms. The zero-order valence-corrected chi connectivity index (χ0v) is 15.6. The minimum Gasteiger partial charge on any atom is -0.463 e. The van der Waals surface area contributed by atoms with Crippen molar-refractivity contribution in [1.29, 1.82) is 0 Å². The first-order valence-corrected chi connectivity index (χ1v) is 9.03. The second-order valence-electron chi connectivity index (χ2n) is 6.92. The van der Waals surface area contributed by atoms with Gasteiger partial charge in [-0.25, -0.2) is 0 Å². The number of amides is 1. The Morgan fingerprint density at radius 3 is 2.48 bits per heavy atom. The van der Waals surface area contributed by atoms with Crippen LogP contribution in [-0.2, 0) is 13.1 Å². The lowest BCUT2D eigenvalue weighted by Gasteiger charge is -2.19. The van der Waals surface area contributed by atoms with Gasteiger partial charge in [0.2, 0.25) is 0 Å². The summed E-state index contributed by atoms with van der Waals surface area (Å²) in [5.74, 6) is -0.0163. The van der Waals surface area contributed by atoms with Crippen LogP contribution in [-0.4, -0.2) is 22.4 Å². The monoisotopic (exact) mass is 358 g/mol. The van der Waals surface area contributed by atoms with Crippen LogP contribution in [0.3, 0.4) is 0 Å². The van der Waals surface area contributed by atoms with E-state index >= 15 is 0 Å². The predicted octanol–water partition coefficient (Wildman–Crippen LogP) is 4.86. The van der Waals surface area contributed by atoms with E-state index in [2.05, 4.69) is 31.2 Å². The smallest absolute Gasteiger partial charge is 0.270 e. The third kappa shape index (κ3) is 3.51. The van der Waals surface area contributed by atoms with Crippen molar-refractivity contribution in [3.63, 3.8) is 0 Å². The lowest BCUT2D eigenvalue weighted by molar-refractivity contribution is 0.0775. The Balaban J connectivity index is 1.65. The molecule has 0 bridgehead atoms. The summed E-state index contributed by atoms with van der Waals surface area (Å²) in [5, 5.41) is 0. The van der Waals surface area contributed by atoms with Gasteiger partial charge in [-0.1, -0.05) is 60.2 Å². The van der Waals surface area contributed by atoms with E-state index in [1.807, 2.05) is 54.1 Å². The maximum atomic E-state index is 13.1. The van der Waals surface area contributed by atoms with Gasteiger partial charge in [-0.3, -0.25) is 4.79 Å². The fraction of sp³-hybridized carbons (Fsp3) is 0.174. The molecule has 0 radical (unpaired) electrons. The van der Waals surface area contributed by atoms with Gasteiger partial charge in [0.25, 0.3) is 5.91 Å². The third-order valence-electron chi connectivity index (χ3n) is 4.81. The van der Waals surface area contributed by atoms with E-state index in [1.54, 1.807) is 11.2 Å². The van der Waals surface area contributed by atoms with Crippen molar-refractivity contribution in [3.05, 3.63) is 95.4 Å². The van der Waals surface area contributed by atoms with Crippen molar-refractivity contribution in [2.75, 3.05) is 7.05 Å². The van der Waals surface area contributed by atoms with Crippen LogP contribution in [0.5, 0.6) is 0 Å². The van der Waals surface area contributed by atoms with Crippen molar-refractivity contribution in [2.45, 2.75) is 20.0 Å². The molecule has 0 aliphatic rings. The van der Waals surface area contributed by atoms with Gasteiger partial charge in [-0.15, -0.1) is 0 Å². The fourth-order valence-corrected chi connectivity index (χ4v) is 3.33. The van der Waals surface area contributed by atoms with Crippen LogP contribution in [0, 0.1) is 6.92 Å². The van der Waals surface area contributed by atoms with E-state index in [9.17, 15) is 4.79 Å². The minimum absolute atomic E-state index is 0.0163. The number of fused-ring (bicyclic) bond motifs is 1. The molecular formula is C23H22N2O2. The summed E-state index contributed by atoms with van der Waals surface area (Å²) >= 11 is 0. The predicted molar refractivity (Wildman–Crippen MR) is 107 cm³/mol. The van der Waals surface area contributed by atoms with Crippen LogP contribution in [0.4, 0.5) is 0 Å². The van der Waals surface area contributed by atoms with Gasteiger partial charge in [0.15, 0.2) is 5.58 Å². The lowest BCUT2D eigenvalue weighted by Crippen LogP contribution is -2.28. The summed E-state index contributed by atoms with van der Waals surface area (Å²) in [6, 6.07) is 22.1. The quantitative estimate of drug-likeness (QED) is 0.511. The molecule has 0 spiro atoms. The number of hydrogen-bond acceptors (Lipinski definition) is 2. The first kappa shape index (κ1) is 17.2. The van der Waals surface area contributed by atoms with Gasteiger partial charge >= 0.3 is 0 Å². The van der Waals surface area contributed by atoms with E-state index in [-0.39, 0.29) is 5.91 Å². The number of furan rings is 1. The Kier molecular flexibility index (Phi) is 4.55. The minimum atomic E-state index is -0.0163. The molecule has 4 heteroatoms. The lowest BCUT2D eigenvalue weighted by atomic mass is 10.1. The van der Waals surface area contributed by atoms with Crippen molar-refractivity contribution in [2.24, 2.45) is 0 Å². The standard InChI is InChI=1S/C23H22N2O2/c1-17-8-10-19(11-9-17)16-25-20-12-13-27-22(20)14-21(25)23(26)24(2)15-18-6-4-3-5-7-18/h3-14H,15-16H2,1-2H3. The second-order valence-corrected chi connectivity index (χ2v) is 6.92. The number of nitrogens with zero attached hydrogens (tertiary/aromatic N) is 2. The number of benzene rings is 2. The summed E-state index contributed by atoms with van der Waals surface area (Å²) in [6.07, 6.45) is 1.66. The topological polar surface area (TPSA) is 38.4 Å². The zero-order chi connectivity index (χ0) is 18.8. The molecule has 4 nitrogen and oxygen atoms in total. The van der Waals surface area contributed by atoms with E-state index in [0.29, 0.717) is 18.8 Å². The van der Waals surface area contributed by atoms with Gasteiger partial charge in [-0.05, 0) is 18.1 Å². The highest BCUT2D eigenvalue weighted by Crippen LogP contribution is 2.24. The average Bonchev–Trinajstić information content (AvgIpc) is 3.26. The van der Waals surface area contributed by atoms with Crippen LogP contribution in [0.25, 0.3) is 11.1 Å². The molecule has 1 amide bonds. The molecule has 2 aromatic heterocycles. The highest BCUT2D eigenvalue weighted by molar-refractivity contribution is 5.97. The maximum absolute atomic E-state index is 13.1. The van der Waals surface area contributed by atoms with Crippen LogP contribution in [0.15, 0.2) is 77.4 Å². The molecule has 136 valence electrons. The van der Waals surface area contributed by atoms with Crippen LogP contribution in [0.1, 0.15) is 27.2 Å². The van der Waals surface area contributed by atoms with Crippen LogP contribution >= 0.6 is 0 Å².